The van der Waals surface area contributed by atoms with E-state index in [0.717, 1.165) is 59.3 Å². The average molecular weight is 508 g/mol. The average Bonchev–Trinajstić information content (AvgIpc) is 3.70. The SMILES string of the molecule is O=C1CCCN1CCCN(Cc1cc2cc3c(cc2nc1-c1cccs1)OCO3)C(=O)C1CCCO1. The highest BCUT2D eigenvalue weighted by Gasteiger charge is 2.30. The van der Waals surface area contributed by atoms with Gasteiger partial charge in [0.15, 0.2) is 11.5 Å². The molecule has 5 heterocycles. The molecule has 36 heavy (non-hydrogen) atoms. The van der Waals surface area contributed by atoms with E-state index in [0.29, 0.717) is 44.2 Å². The Hall–Kier alpha value is -3.17. The second-order valence-electron chi connectivity index (χ2n) is 9.47. The summed E-state index contributed by atoms with van der Waals surface area (Å²) in [7, 11) is 0. The third kappa shape index (κ3) is 4.65. The number of carbonyl (C=O) groups excluding carboxylic acids is 2. The highest BCUT2D eigenvalue weighted by atomic mass is 32.1. The van der Waals surface area contributed by atoms with Crippen LogP contribution in [0.1, 0.15) is 37.7 Å². The number of likely N-dealkylation sites (tertiary alicyclic amines) is 1. The molecule has 0 saturated carbocycles. The van der Waals surface area contributed by atoms with Crippen LogP contribution in [-0.2, 0) is 20.9 Å². The van der Waals surface area contributed by atoms with E-state index in [-0.39, 0.29) is 18.6 Å². The maximum Gasteiger partial charge on any atom is 0.252 e. The fourth-order valence-corrected chi connectivity index (χ4v) is 5.95. The topological polar surface area (TPSA) is 81.2 Å². The number of ether oxygens (including phenoxy) is 3. The molecule has 2 saturated heterocycles. The van der Waals surface area contributed by atoms with Crippen LogP contribution in [0.15, 0.2) is 35.7 Å². The van der Waals surface area contributed by atoms with Gasteiger partial charge in [0.2, 0.25) is 12.7 Å². The lowest BCUT2D eigenvalue weighted by Crippen LogP contribution is -2.40. The molecule has 0 radical (unpaired) electrons. The molecule has 0 spiro atoms. The Morgan fingerprint density at radius 1 is 1.19 bits per heavy atom. The van der Waals surface area contributed by atoms with Crippen LogP contribution in [0.5, 0.6) is 11.5 Å². The van der Waals surface area contributed by atoms with Crippen LogP contribution in [0.4, 0.5) is 0 Å². The van der Waals surface area contributed by atoms with Crippen LogP contribution in [0.2, 0.25) is 0 Å². The highest BCUT2D eigenvalue weighted by molar-refractivity contribution is 7.13. The number of thiophene rings is 1. The fourth-order valence-electron chi connectivity index (χ4n) is 5.20. The lowest BCUT2D eigenvalue weighted by molar-refractivity contribution is -0.141. The van der Waals surface area contributed by atoms with E-state index in [2.05, 4.69) is 12.1 Å². The molecule has 0 aliphatic carbocycles. The van der Waals surface area contributed by atoms with Crippen LogP contribution < -0.4 is 9.47 Å². The molecule has 3 aliphatic heterocycles. The zero-order valence-electron chi connectivity index (χ0n) is 20.1. The molecular weight excluding hydrogens is 478 g/mol. The van der Waals surface area contributed by atoms with E-state index in [1.807, 2.05) is 33.4 Å². The molecule has 2 aromatic heterocycles. The Kier molecular flexibility index (Phi) is 6.50. The number of benzene rings is 1. The van der Waals surface area contributed by atoms with Crippen molar-refractivity contribution in [3.63, 3.8) is 0 Å². The number of pyridine rings is 1. The van der Waals surface area contributed by atoms with Crippen molar-refractivity contribution in [2.24, 2.45) is 0 Å². The van der Waals surface area contributed by atoms with Gasteiger partial charge in [-0.25, -0.2) is 4.98 Å². The molecule has 8 nitrogen and oxygen atoms in total. The summed E-state index contributed by atoms with van der Waals surface area (Å²) < 4.78 is 16.9. The minimum absolute atomic E-state index is 0.0168. The lowest BCUT2D eigenvalue weighted by atomic mass is 10.1. The van der Waals surface area contributed by atoms with Crippen molar-refractivity contribution in [1.82, 2.24) is 14.8 Å². The molecule has 1 atom stereocenters. The van der Waals surface area contributed by atoms with Gasteiger partial charge in [-0.05, 0) is 54.8 Å². The molecule has 2 amide bonds. The second-order valence-corrected chi connectivity index (χ2v) is 10.4. The smallest absolute Gasteiger partial charge is 0.252 e. The van der Waals surface area contributed by atoms with Gasteiger partial charge in [-0.15, -0.1) is 11.3 Å². The molecule has 9 heteroatoms. The number of amides is 2. The van der Waals surface area contributed by atoms with Gasteiger partial charge in [-0.3, -0.25) is 9.59 Å². The summed E-state index contributed by atoms with van der Waals surface area (Å²) in [6.07, 6.45) is 3.53. The largest absolute Gasteiger partial charge is 0.454 e. The summed E-state index contributed by atoms with van der Waals surface area (Å²) in [6.45, 7) is 3.30. The van der Waals surface area contributed by atoms with Gasteiger partial charge in [0, 0.05) is 50.7 Å². The zero-order valence-corrected chi connectivity index (χ0v) is 20.9. The van der Waals surface area contributed by atoms with Crippen molar-refractivity contribution >= 4 is 34.1 Å². The Labute approximate surface area is 213 Å². The van der Waals surface area contributed by atoms with E-state index < -0.39 is 6.10 Å². The fraction of sp³-hybridized carbons (Fsp3) is 0.444. The molecule has 3 aromatic rings. The number of hydrogen-bond acceptors (Lipinski definition) is 7. The first-order valence-corrected chi connectivity index (χ1v) is 13.5. The van der Waals surface area contributed by atoms with Gasteiger partial charge >= 0.3 is 0 Å². The van der Waals surface area contributed by atoms with Crippen LogP contribution in [-0.4, -0.2) is 65.7 Å². The Bertz CT molecular complexity index is 1270. The predicted molar refractivity (Wildman–Crippen MR) is 136 cm³/mol. The predicted octanol–water partition coefficient (Wildman–Crippen LogP) is 4.21. The maximum absolute atomic E-state index is 13.5. The van der Waals surface area contributed by atoms with Crippen LogP contribution >= 0.6 is 11.3 Å². The molecule has 1 aromatic carbocycles. The van der Waals surface area contributed by atoms with Crippen molar-refractivity contribution in [2.75, 3.05) is 33.0 Å². The van der Waals surface area contributed by atoms with Gasteiger partial charge < -0.3 is 24.0 Å². The minimum Gasteiger partial charge on any atom is -0.454 e. The Balaban J connectivity index is 1.31. The Morgan fingerprint density at radius 3 is 2.83 bits per heavy atom. The van der Waals surface area contributed by atoms with Crippen molar-refractivity contribution < 1.29 is 23.8 Å². The number of rotatable bonds is 8. The summed E-state index contributed by atoms with van der Waals surface area (Å²) in [6, 6.07) is 10.1. The van der Waals surface area contributed by atoms with Crippen LogP contribution in [0.25, 0.3) is 21.5 Å². The molecule has 2 fully saturated rings. The Morgan fingerprint density at radius 2 is 2.08 bits per heavy atom. The molecule has 3 aliphatic rings. The highest BCUT2D eigenvalue weighted by Crippen LogP contribution is 2.38. The minimum atomic E-state index is -0.397. The number of hydrogen-bond donors (Lipinski definition) is 0. The number of nitrogens with zero attached hydrogens (tertiary/aromatic N) is 3. The molecule has 6 rings (SSSR count). The first kappa shape index (κ1) is 23.2. The van der Waals surface area contributed by atoms with Crippen molar-refractivity contribution in [3.05, 3.63) is 41.3 Å². The monoisotopic (exact) mass is 507 g/mol. The standard InChI is InChI=1S/C27H29N3O5S/c31-25-7-1-8-29(25)9-4-10-30(27(32)21-5-2-11-33-21)16-19-13-18-14-22-23(35-17-34-22)15-20(18)28-26(19)24-6-3-12-36-24/h3,6,12-15,21H,1-2,4-5,7-11,16-17H2. The summed E-state index contributed by atoms with van der Waals surface area (Å²) in [5, 5.41) is 2.98. The first-order valence-electron chi connectivity index (χ1n) is 12.6. The molecule has 1 unspecified atom stereocenters. The summed E-state index contributed by atoms with van der Waals surface area (Å²) in [5.74, 6) is 1.64. The van der Waals surface area contributed by atoms with Gasteiger partial charge in [0.05, 0.1) is 16.1 Å². The molecule has 0 N–H and O–H groups in total. The zero-order chi connectivity index (χ0) is 24.5. The van der Waals surface area contributed by atoms with E-state index in [1.165, 1.54) is 0 Å². The van der Waals surface area contributed by atoms with Gasteiger partial charge in [-0.2, -0.15) is 0 Å². The van der Waals surface area contributed by atoms with Crippen molar-refractivity contribution in [1.29, 1.82) is 0 Å². The van der Waals surface area contributed by atoms with Gasteiger partial charge in [-0.1, -0.05) is 6.07 Å². The third-order valence-corrected chi connectivity index (χ3v) is 7.92. The number of fused-ring (bicyclic) bond motifs is 2. The van der Waals surface area contributed by atoms with E-state index in [4.69, 9.17) is 19.2 Å². The van der Waals surface area contributed by atoms with Crippen molar-refractivity contribution in [2.45, 2.75) is 44.8 Å². The maximum atomic E-state index is 13.5. The second kappa shape index (κ2) is 10.1. The summed E-state index contributed by atoms with van der Waals surface area (Å²) in [5.41, 5.74) is 2.68. The van der Waals surface area contributed by atoms with Crippen LogP contribution in [0, 0.1) is 0 Å². The summed E-state index contributed by atoms with van der Waals surface area (Å²) in [4.78, 5) is 35.5. The third-order valence-electron chi connectivity index (χ3n) is 7.05. The van der Waals surface area contributed by atoms with E-state index in [9.17, 15) is 9.59 Å². The first-order chi connectivity index (χ1) is 17.7. The normalized spacial score (nSPS) is 18.9. The molecule has 188 valence electrons. The van der Waals surface area contributed by atoms with E-state index >= 15 is 0 Å². The van der Waals surface area contributed by atoms with E-state index in [1.54, 1.807) is 11.3 Å². The summed E-state index contributed by atoms with van der Waals surface area (Å²) >= 11 is 1.63. The van der Waals surface area contributed by atoms with Gasteiger partial charge in [0.1, 0.15) is 6.10 Å². The quantitative estimate of drug-likeness (QED) is 0.454. The number of aromatic nitrogens is 1. The molecular formula is C27H29N3O5S. The van der Waals surface area contributed by atoms with Crippen molar-refractivity contribution in [3.8, 4) is 22.1 Å². The van der Waals surface area contributed by atoms with Crippen LogP contribution in [0.3, 0.4) is 0 Å². The van der Waals surface area contributed by atoms with Gasteiger partial charge in [0.25, 0.3) is 5.91 Å². The molecule has 0 bridgehead atoms. The number of carbonyl (C=O) groups is 2. The lowest BCUT2D eigenvalue weighted by Gasteiger charge is -2.27.